The molecular weight excluding hydrogens is 581 g/mol. The van der Waals surface area contributed by atoms with E-state index in [2.05, 4.69) is 37.5 Å². The van der Waals surface area contributed by atoms with E-state index in [0.29, 0.717) is 16.7 Å². The Morgan fingerprint density at radius 1 is 1.09 bits per heavy atom. The van der Waals surface area contributed by atoms with Crippen molar-refractivity contribution in [2.24, 2.45) is 5.92 Å². The molecule has 2 fully saturated rings. The summed E-state index contributed by atoms with van der Waals surface area (Å²) in [6, 6.07) is 0.512. The van der Waals surface area contributed by atoms with Crippen LogP contribution in [0.1, 0.15) is 108 Å². The molecule has 3 aromatic heterocycles. The van der Waals surface area contributed by atoms with Gasteiger partial charge in [-0.25, -0.2) is 9.78 Å². The lowest BCUT2D eigenvalue weighted by Gasteiger charge is -2.32. The Kier molecular flexibility index (Phi) is 16.0. The Hall–Kier alpha value is -2.80. The highest BCUT2D eigenvalue weighted by Crippen LogP contribution is 2.36. The fourth-order valence-corrected chi connectivity index (χ4v) is 4.27. The second kappa shape index (κ2) is 17.0. The summed E-state index contributed by atoms with van der Waals surface area (Å²) in [6.07, 6.45) is 12.3. The van der Waals surface area contributed by atoms with Crippen LogP contribution in [-0.2, 0) is 14.0 Å². The molecule has 2 N–H and O–H groups in total. The molecule has 3 aromatic rings. The normalized spacial score (nSPS) is 19.8. The minimum absolute atomic E-state index is 0. The molecule has 2 atom stereocenters. The number of nitrogens with one attached hydrogen (secondary N) is 2. The van der Waals surface area contributed by atoms with Crippen LogP contribution in [0.15, 0.2) is 37.2 Å². The zero-order valence-corrected chi connectivity index (χ0v) is 26.3. The minimum Gasteiger partial charge on any atom is -0.442 e. The topological polar surface area (TPSA) is 129 Å². The van der Waals surface area contributed by atoms with Crippen LogP contribution in [0.25, 0.3) is 0 Å². The van der Waals surface area contributed by atoms with E-state index in [1.165, 1.54) is 18.4 Å². The van der Waals surface area contributed by atoms with Crippen LogP contribution >= 0.6 is 11.6 Å². The summed E-state index contributed by atoms with van der Waals surface area (Å²) >= 11 is 5.54. The number of aryl methyl sites for hydroxylation is 1. The van der Waals surface area contributed by atoms with Gasteiger partial charge in [-0.05, 0) is 80.7 Å². The number of piperidine rings is 1. The number of nitrogens with zero attached hydrogens (tertiary/aromatic N) is 5. The highest BCUT2D eigenvalue weighted by Gasteiger charge is 2.52. The molecule has 2 aliphatic rings. The van der Waals surface area contributed by atoms with Gasteiger partial charge < -0.3 is 19.4 Å². The molecule has 0 amide bonds. The van der Waals surface area contributed by atoms with Gasteiger partial charge in [0.25, 0.3) is 0 Å². The maximum absolute atomic E-state index is 11.9. The molecule has 0 bridgehead atoms. The van der Waals surface area contributed by atoms with E-state index in [9.17, 15) is 4.79 Å². The first kappa shape index (κ1) is 41.2. The number of carbonyl (C=O) groups is 1. The standard InChI is InChI=1S/C14H23BN2O4.C9H15N3.C5H5ClN2.3CH4/c1-12(2,3)19-11(18)17-9-10(8-16-17)15-20-13(4,5)14(6,7)21-15;1-7-3-2-4-10-9(7)8-5-11-12-6-8;1-4-5(6)8-3-2-7-4;;;/h8-9H,1-7H3;5-7,9-10H,2-4H2,1H3,(H,11,12);2-3H,1H3;3*1H4. The third-order valence-electron chi connectivity index (χ3n) is 7.18. The molecule has 11 nitrogen and oxygen atoms in total. The summed E-state index contributed by atoms with van der Waals surface area (Å²) in [4.78, 5) is 19.6. The first-order chi connectivity index (χ1) is 19.1. The van der Waals surface area contributed by atoms with E-state index in [1.54, 1.807) is 24.8 Å². The first-order valence-corrected chi connectivity index (χ1v) is 14.3. The number of aromatic nitrogens is 6. The Bertz CT molecular complexity index is 1220. The molecule has 2 saturated heterocycles. The molecule has 5 rings (SSSR count). The van der Waals surface area contributed by atoms with Crippen LogP contribution in [0.2, 0.25) is 5.15 Å². The second-order valence-corrected chi connectivity index (χ2v) is 12.7. The predicted molar refractivity (Wildman–Crippen MR) is 179 cm³/mol. The maximum atomic E-state index is 11.9. The van der Waals surface area contributed by atoms with Crippen molar-refractivity contribution in [1.29, 1.82) is 0 Å². The lowest BCUT2D eigenvalue weighted by molar-refractivity contribution is 0.00578. The smallest absolute Gasteiger partial charge is 0.442 e. The number of halogens is 1. The summed E-state index contributed by atoms with van der Waals surface area (Å²) in [5.41, 5.74) is 1.35. The lowest BCUT2D eigenvalue weighted by atomic mass is 9.82. The Morgan fingerprint density at radius 2 is 1.70 bits per heavy atom. The van der Waals surface area contributed by atoms with Gasteiger partial charge in [0, 0.05) is 48.1 Å². The van der Waals surface area contributed by atoms with E-state index in [4.69, 9.17) is 25.6 Å². The SMILES string of the molecule is C.C.C.CC(C)(C)OC(=O)n1cc(B2OC(C)(C)C(C)(C)O2)cn1.CC1CCCNC1c1cn[nH]c1.Cc1nccnc1Cl. The molecule has 5 heterocycles. The van der Waals surface area contributed by atoms with Crippen molar-refractivity contribution >= 4 is 30.3 Å². The maximum Gasteiger partial charge on any atom is 0.498 e. The number of ether oxygens (including phenoxy) is 1. The van der Waals surface area contributed by atoms with Crippen molar-refractivity contribution in [3.63, 3.8) is 0 Å². The number of carbonyl (C=O) groups excluding carboxylic acids is 1. The number of aromatic amines is 1. The molecule has 0 aliphatic carbocycles. The van der Waals surface area contributed by atoms with Crippen molar-refractivity contribution in [2.75, 3.05) is 6.54 Å². The third-order valence-corrected chi connectivity index (χ3v) is 7.55. The number of hydrogen-bond acceptors (Lipinski definition) is 9. The van der Waals surface area contributed by atoms with E-state index in [0.717, 1.165) is 22.8 Å². The van der Waals surface area contributed by atoms with Gasteiger partial charge in [0.05, 0.1) is 23.1 Å². The van der Waals surface area contributed by atoms with Crippen LogP contribution in [0.5, 0.6) is 0 Å². The van der Waals surface area contributed by atoms with E-state index in [-0.39, 0.29) is 22.3 Å². The summed E-state index contributed by atoms with van der Waals surface area (Å²) < 4.78 is 18.3. The molecule has 2 aliphatic heterocycles. The number of rotatable bonds is 2. The van der Waals surface area contributed by atoms with Crippen LogP contribution < -0.4 is 10.8 Å². The van der Waals surface area contributed by atoms with Gasteiger partial charge in [-0.3, -0.25) is 10.1 Å². The number of hydrogen-bond donors (Lipinski definition) is 2. The Balaban J connectivity index is 0.000000682. The van der Waals surface area contributed by atoms with Crippen molar-refractivity contribution in [2.45, 2.75) is 120 Å². The van der Waals surface area contributed by atoms with Crippen molar-refractivity contribution < 1.29 is 18.8 Å². The van der Waals surface area contributed by atoms with E-state index in [1.807, 2.05) is 67.8 Å². The molecule has 0 aromatic carbocycles. The zero-order valence-electron chi connectivity index (χ0n) is 25.6. The Morgan fingerprint density at radius 3 is 2.18 bits per heavy atom. The highest BCUT2D eigenvalue weighted by atomic mass is 35.5. The fraction of sp³-hybridized carbons (Fsp3) is 0.645. The quantitative estimate of drug-likeness (QED) is 0.293. The van der Waals surface area contributed by atoms with E-state index >= 15 is 0 Å². The summed E-state index contributed by atoms with van der Waals surface area (Å²) in [6.45, 7) is 18.6. The molecule has 2 unspecified atom stereocenters. The summed E-state index contributed by atoms with van der Waals surface area (Å²) in [5, 5.41) is 14.8. The molecule has 13 heteroatoms. The first-order valence-electron chi connectivity index (χ1n) is 13.9. The zero-order chi connectivity index (χ0) is 30.4. The van der Waals surface area contributed by atoms with Crippen molar-refractivity contribution in [3.05, 3.63) is 53.6 Å². The van der Waals surface area contributed by atoms with Gasteiger partial charge in [-0.15, -0.1) is 0 Å². The monoisotopic (exact) mass is 635 g/mol. The predicted octanol–water partition coefficient (Wildman–Crippen LogP) is 6.78. The molecule has 0 spiro atoms. The second-order valence-electron chi connectivity index (χ2n) is 12.3. The summed E-state index contributed by atoms with van der Waals surface area (Å²) in [7, 11) is -0.536. The van der Waals surface area contributed by atoms with Gasteiger partial charge in [-0.2, -0.15) is 14.9 Å². The van der Waals surface area contributed by atoms with Gasteiger partial charge in [0.1, 0.15) is 10.8 Å². The van der Waals surface area contributed by atoms with Gasteiger partial charge in [-0.1, -0.05) is 40.8 Å². The number of H-pyrrole nitrogens is 1. The Labute approximate surface area is 270 Å². The largest absolute Gasteiger partial charge is 0.498 e. The minimum atomic E-state index is -0.562. The molecule has 0 radical (unpaired) electrons. The molecule has 248 valence electrons. The summed E-state index contributed by atoms with van der Waals surface area (Å²) in [5.74, 6) is 0.733. The molecule has 0 saturated carbocycles. The van der Waals surface area contributed by atoms with Crippen LogP contribution in [0, 0.1) is 12.8 Å². The van der Waals surface area contributed by atoms with Crippen molar-refractivity contribution in [3.8, 4) is 0 Å². The van der Waals surface area contributed by atoms with Crippen LogP contribution in [-0.4, -0.2) is 66.5 Å². The third kappa shape index (κ3) is 11.3. The molecular formula is C31H55BClN7O4. The average Bonchev–Trinajstić information content (AvgIpc) is 3.62. The van der Waals surface area contributed by atoms with Crippen LogP contribution in [0.4, 0.5) is 4.79 Å². The average molecular weight is 636 g/mol. The van der Waals surface area contributed by atoms with Gasteiger partial charge >= 0.3 is 13.2 Å². The van der Waals surface area contributed by atoms with Gasteiger partial charge in [0.15, 0.2) is 0 Å². The molecule has 44 heavy (non-hydrogen) atoms. The lowest BCUT2D eigenvalue weighted by Crippen LogP contribution is -2.41. The van der Waals surface area contributed by atoms with Crippen molar-refractivity contribution in [1.82, 2.24) is 35.3 Å². The van der Waals surface area contributed by atoms with E-state index < -0.39 is 30.0 Å². The van der Waals surface area contributed by atoms with Crippen LogP contribution in [0.3, 0.4) is 0 Å². The fourth-order valence-electron chi connectivity index (χ4n) is 4.16. The van der Waals surface area contributed by atoms with Gasteiger partial charge in [0.2, 0.25) is 0 Å². The highest BCUT2D eigenvalue weighted by molar-refractivity contribution is 6.62.